The Kier molecular flexibility index (Phi) is 4.97. The molecule has 1 aliphatic rings. The average molecular weight is 275 g/mol. The molecule has 20 heavy (non-hydrogen) atoms. The zero-order valence-corrected chi connectivity index (χ0v) is 12.2. The largest absolute Gasteiger partial charge is 0.371 e. The van der Waals surface area contributed by atoms with Gasteiger partial charge in [-0.3, -0.25) is 0 Å². The molecular weight excluding hydrogens is 253 g/mol. The zero-order chi connectivity index (χ0) is 14.5. The van der Waals surface area contributed by atoms with Crippen LogP contribution in [-0.2, 0) is 0 Å². The van der Waals surface area contributed by atoms with E-state index in [1.54, 1.807) is 6.07 Å². The number of hydrogen-bond donors (Lipinski definition) is 1. The lowest BCUT2D eigenvalue weighted by Crippen LogP contribution is -2.41. The van der Waals surface area contributed by atoms with Gasteiger partial charge in [-0.25, -0.2) is 4.39 Å². The number of hydrogen-bond acceptors (Lipinski definition) is 3. The molecule has 1 aromatic rings. The standard InChI is InChI=1S/C16H22FN3/c1-12(2)19-10-13-4-3-5-20(11-13)16-7-14(9-18)6-15(17)8-16/h6-8,12-13,19H,3-5,10-11H2,1-2H3. The van der Waals surface area contributed by atoms with Gasteiger partial charge in [0.25, 0.3) is 0 Å². The molecule has 4 heteroatoms. The predicted molar refractivity (Wildman–Crippen MR) is 79.2 cm³/mol. The van der Waals surface area contributed by atoms with Crippen LogP contribution in [0.15, 0.2) is 18.2 Å². The van der Waals surface area contributed by atoms with Gasteiger partial charge in [-0.1, -0.05) is 13.8 Å². The number of nitriles is 1. The van der Waals surface area contributed by atoms with E-state index in [4.69, 9.17) is 5.26 Å². The molecule has 0 amide bonds. The van der Waals surface area contributed by atoms with Crippen LogP contribution in [0.3, 0.4) is 0 Å². The van der Waals surface area contributed by atoms with Gasteiger partial charge in [-0.2, -0.15) is 5.26 Å². The lowest BCUT2D eigenvalue weighted by Gasteiger charge is -2.35. The summed E-state index contributed by atoms with van der Waals surface area (Å²) < 4.78 is 13.5. The van der Waals surface area contributed by atoms with Gasteiger partial charge in [-0.05, 0) is 43.5 Å². The molecular formula is C16H22FN3. The van der Waals surface area contributed by atoms with Crippen molar-refractivity contribution < 1.29 is 4.39 Å². The highest BCUT2D eigenvalue weighted by Gasteiger charge is 2.20. The van der Waals surface area contributed by atoms with Gasteiger partial charge in [0, 0.05) is 24.8 Å². The van der Waals surface area contributed by atoms with Crippen molar-refractivity contribution in [3.8, 4) is 6.07 Å². The first-order valence-corrected chi connectivity index (χ1v) is 7.27. The van der Waals surface area contributed by atoms with Crippen LogP contribution in [0.5, 0.6) is 0 Å². The Bertz CT molecular complexity index is 493. The number of halogens is 1. The second kappa shape index (κ2) is 6.71. The molecule has 108 valence electrons. The fourth-order valence-corrected chi connectivity index (χ4v) is 2.69. The van der Waals surface area contributed by atoms with Crippen molar-refractivity contribution in [2.24, 2.45) is 5.92 Å². The maximum absolute atomic E-state index is 13.5. The van der Waals surface area contributed by atoms with Gasteiger partial charge in [0.05, 0.1) is 11.6 Å². The van der Waals surface area contributed by atoms with E-state index in [2.05, 4.69) is 24.1 Å². The van der Waals surface area contributed by atoms with Gasteiger partial charge < -0.3 is 10.2 Å². The van der Waals surface area contributed by atoms with Gasteiger partial charge in [-0.15, -0.1) is 0 Å². The highest BCUT2D eigenvalue weighted by atomic mass is 19.1. The van der Waals surface area contributed by atoms with Crippen molar-refractivity contribution in [1.29, 1.82) is 5.26 Å². The molecule has 1 atom stereocenters. The summed E-state index contributed by atoms with van der Waals surface area (Å²) in [6, 6.07) is 7.10. The minimum atomic E-state index is -0.332. The molecule has 0 aliphatic carbocycles. The Balaban J connectivity index is 2.05. The Hall–Kier alpha value is -1.60. The van der Waals surface area contributed by atoms with Crippen molar-refractivity contribution >= 4 is 5.69 Å². The van der Waals surface area contributed by atoms with Crippen LogP contribution in [0, 0.1) is 23.1 Å². The summed E-state index contributed by atoms with van der Waals surface area (Å²) in [4.78, 5) is 2.19. The number of rotatable bonds is 4. The molecule has 0 bridgehead atoms. The minimum Gasteiger partial charge on any atom is -0.371 e. The molecule has 1 heterocycles. The molecule has 3 nitrogen and oxygen atoms in total. The topological polar surface area (TPSA) is 39.1 Å². The molecule has 1 N–H and O–H groups in total. The van der Waals surface area contributed by atoms with E-state index in [0.29, 0.717) is 17.5 Å². The quantitative estimate of drug-likeness (QED) is 0.918. The lowest BCUT2D eigenvalue weighted by molar-refractivity contribution is 0.379. The number of nitrogens with zero attached hydrogens (tertiary/aromatic N) is 2. The summed E-state index contributed by atoms with van der Waals surface area (Å²) in [5, 5.41) is 12.4. The van der Waals surface area contributed by atoms with Crippen molar-refractivity contribution in [2.45, 2.75) is 32.7 Å². The van der Waals surface area contributed by atoms with Crippen LogP contribution in [0.25, 0.3) is 0 Å². The summed E-state index contributed by atoms with van der Waals surface area (Å²) in [5.74, 6) is 0.251. The number of benzene rings is 1. The smallest absolute Gasteiger partial charge is 0.126 e. The molecule has 1 unspecified atom stereocenters. The SMILES string of the molecule is CC(C)NCC1CCCN(c2cc(F)cc(C#N)c2)C1. The van der Waals surface area contributed by atoms with Crippen molar-refractivity contribution in [1.82, 2.24) is 5.32 Å². The first kappa shape index (κ1) is 14.8. The normalized spacial score (nSPS) is 19.1. The first-order chi connectivity index (χ1) is 9.58. The third-order valence-electron chi connectivity index (χ3n) is 3.71. The highest BCUT2D eigenvalue weighted by molar-refractivity contribution is 5.52. The molecule has 0 spiro atoms. The number of nitrogens with one attached hydrogen (secondary N) is 1. The Labute approximate surface area is 120 Å². The molecule has 1 saturated heterocycles. The minimum absolute atomic E-state index is 0.332. The predicted octanol–water partition coefficient (Wildman–Crippen LogP) is 2.91. The van der Waals surface area contributed by atoms with Crippen LogP contribution >= 0.6 is 0 Å². The van der Waals surface area contributed by atoms with Crippen molar-refractivity contribution in [2.75, 3.05) is 24.5 Å². The Morgan fingerprint density at radius 1 is 1.45 bits per heavy atom. The fourth-order valence-electron chi connectivity index (χ4n) is 2.69. The number of piperidine rings is 1. The molecule has 0 radical (unpaired) electrons. The van der Waals surface area contributed by atoms with Crippen LogP contribution in [0.2, 0.25) is 0 Å². The fraction of sp³-hybridized carbons (Fsp3) is 0.562. The summed E-state index contributed by atoms with van der Waals surface area (Å²) in [5.41, 5.74) is 1.22. The summed E-state index contributed by atoms with van der Waals surface area (Å²) in [6.45, 7) is 7.15. The lowest BCUT2D eigenvalue weighted by atomic mass is 9.97. The van der Waals surface area contributed by atoms with E-state index < -0.39 is 0 Å². The molecule has 0 aromatic heterocycles. The van der Waals surface area contributed by atoms with Gasteiger partial charge in [0.2, 0.25) is 0 Å². The summed E-state index contributed by atoms with van der Waals surface area (Å²) >= 11 is 0. The number of anilines is 1. The van der Waals surface area contributed by atoms with Crippen LogP contribution in [0.1, 0.15) is 32.3 Å². The molecule has 1 fully saturated rings. The van der Waals surface area contributed by atoms with Crippen LogP contribution < -0.4 is 10.2 Å². The van der Waals surface area contributed by atoms with Gasteiger partial charge in [0.1, 0.15) is 5.82 Å². The first-order valence-electron chi connectivity index (χ1n) is 7.27. The Morgan fingerprint density at radius 2 is 2.25 bits per heavy atom. The van der Waals surface area contributed by atoms with E-state index in [9.17, 15) is 4.39 Å². The van der Waals surface area contributed by atoms with Crippen molar-refractivity contribution in [3.63, 3.8) is 0 Å². The second-order valence-electron chi connectivity index (χ2n) is 5.83. The van der Waals surface area contributed by atoms with E-state index in [-0.39, 0.29) is 5.82 Å². The van der Waals surface area contributed by atoms with Crippen LogP contribution in [-0.4, -0.2) is 25.7 Å². The third-order valence-corrected chi connectivity index (χ3v) is 3.71. The molecule has 0 saturated carbocycles. The third kappa shape index (κ3) is 3.94. The van der Waals surface area contributed by atoms with Gasteiger partial charge >= 0.3 is 0 Å². The monoisotopic (exact) mass is 275 g/mol. The summed E-state index contributed by atoms with van der Waals surface area (Å²) in [7, 11) is 0. The maximum atomic E-state index is 13.5. The Morgan fingerprint density at radius 3 is 2.95 bits per heavy atom. The molecule has 2 rings (SSSR count). The van der Waals surface area contributed by atoms with Gasteiger partial charge in [0.15, 0.2) is 0 Å². The van der Waals surface area contributed by atoms with Crippen molar-refractivity contribution in [3.05, 3.63) is 29.6 Å². The van der Waals surface area contributed by atoms with E-state index in [1.807, 2.05) is 6.07 Å². The second-order valence-corrected chi connectivity index (χ2v) is 5.83. The summed E-state index contributed by atoms with van der Waals surface area (Å²) in [6.07, 6.45) is 2.32. The highest BCUT2D eigenvalue weighted by Crippen LogP contribution is 2.24. The van der Waals surface area contributed by atoms with Crippen LogP contribution in [0.4, 0.5) is 10.1 Å². The van der Waals surface area contributed by atoms with E-state index >= 15 is 0 Å². The molecule has 1 aliphatic heterocycles. The average Bonchev–Trinajstić information content (AvgIpc) is 2.44. The maximum Gasteiger partial charge on any atom is 0.126 e. The molecule has 1 aromatic carbocycles. The zero-order valence-electron chi connectivity index (χ0n) is 12.2. The van der Waals surface area contributed by atoms with E-state index in [0.717, 1.165) is 31.7 Å². The van der Waals surface area contributed by atoms with E-state index in [1.165, 1.54) is 18.6 Å².